The lowest BCUT2D eigenvalue weighted by Crippen LogP contribution is -1.98. The maximum absolute atomic E-state index is 5.16. The fourth-order valence-electron chi connectivity index (χ4n) is 0.683. The van der Waals surface area contributed by atoms with Crippen LogP contribution in [0.1, 0.15) is 0 Å². The van der Waals surface area contributed by atoms with Crippen molar-refractivity contribution in [2.75, 3.05) is 11.5 Å². The standard InChI is InChI=1S/C6H6S3/c1-2-6-3-4-9(7,8)5-6/h1,3H,4-5H2. The molecule has 0 N–H and O–H groups in total. The molecule has 0 aromatic heterocycles. The highest BCUT2D eigenvalue weighted by Crippen LogP contribution is 2.10. The molecule has 3 heteroatoms. The van der Waals surface area contributed by atoms with Gasteiger partial charge in [0.05, 0.1) is 0 Å². The van der Waals surface area contributed by atoms with Crippen molar-refractivity contribution < 1.29 is 0 Å². The van der Waals surface area contributed by atoms with E-state index in [-0.39, 0.29) is 0 Å². The molecule has 1 aliphatic rings. The van der Waals surface area contributed by atoms with Crippen LogP contribution in [0.4, 0.5) is 0 Å². The third kappa shape index (κ3) is 1.75. The van der Waals surface area contributed by atoms with E-state index in [0.29, 0.717) is 0 Å². The third-order valence-electron chi connectivity index (χ3n) is 1.14. The monoisotopic (exact) mass is 174 g/mol. The van der Waals surface area contributed by atoms with Gasteiger partial charge in [0.1, 0.15) is 0 Å². The van der Waals surface area contributed by atoms with Crippen LogP contribution in [0.15, 0.2) is 11.6 Å². The maximum Gasteiger partial charge on any atom is 0.0352 e. The van der Waals surface area contributed by atoms with Crippen molar-refractivity contribution in [1.82, 2.24) is 0 Å². The van der Waals surface area contributed by atoms with E-state index in [2.05, 4.69) is 5.92 Å². The molecule has 0 aromatic rings. The molecule has 0 bridgehead atoms. The summed E-state index contributed by atoms with van der Waals surface area (Å²) in [6, 6.07) is 0. The van der Waals surface area contributed by atoms with Crippen molar-refractivity contribution in [3.63, 3.8) is 0 Å². The Balaban J connectivity index is 2.87. The van der Waals surface area contributed by atoms with Crippen LogP contribution in [0, 0.1) is 12.3 Å². The molecule has 0 spiro atoms. The topological polar surface area (TPSA) is 0 Å². The van der Waals surface area contributed by atoms with Gasteiger partial charge in [-0.3, -0.25) is 0 Å². The van der Waals surface area contributed by atoms with Gasteiger partial charge in [0.25, 0.3) is 0 Å². The molecular weight excluding hydrogens is 168 g/mol. The Morgan fingerprint density at radius 1 is 1.67 bits per heavy atom. The van der Waals surface area contributed by atoms with E-state index < -0.39 is 7.15 Å². The zero-order valence-electron chi connectivity index (χ0n) is 4.79. The lowest BCUT2D eigenvalue weighted by Gasteiger charge is -1.94. The first-order valence-corrected chi connectivity index (χ1v) is 6.32. The Kier molecular flexibility index (Phi) is 1.90. The van der Waals surface area contributed by atoms with Crippen molar-refractivity contribution in [3.05, 3.63) is 11.6 Å². The van der Waals surface area contributed by atoms with Crippen LogP contribution < -0.4 is 0 Å². The molecule has 48 valence electrons. The fourth-order valence-corrected chi connectivity index (χ4v) is 3.10. The Morgan fingerprint density at radius 3 is 2.56 bits per heavy atom. The van der Waals surface area contributed by atoms with Gasteiger partial charge in [-0.2, -0.15) is 0 Å². The molecule has 1 heterocycles. The first-order chi connectivity index (χ1) is 4.14. The summed E-state index contributed by atoms with van der Waals surface area (Å²) in [5.41, 5.74) is 1.01. The van der Waals surface area contributed by atoms with E-state index in [4.69, 9.17) is 28.8 Å². The lowest BCUT2D eigenvalue weighted by atomic mass is 10.3. The van der Waals surface area contributed by atoms with Gasteiger partial charge >= 0.3 is 0 Å². The molecule has 9 heavy (non-hydrogen) atoms. The number of hydrogen-bond acceptors (Lipinski definition) is 2. The zero-order valence-corrected chi connectivity index (χ0v) is 7.24. The molecule has 0 unspecified atom stereocenters. The second kappa shape index (κ2) is 2.37. The Hall–Kier alpha value is 0.0900. The van der Waals surface area contributed by atoms with Gasteiger partial charge in [-0.15, -0.1) is 6.42 Å². The predicted molar refractivity (Wildman–Crippen MR) is 48.7 cm³/mol. The smallest absolute Gasteiger partial charge is 0.0352 e. The van der Waals surface area contributed by atoms with Crippen molar-refractivity contribution >= 4 is 29.5 Å². The molecule has 0 saturated heterocycles. The summed E-state index contributed by atoms with van der Waals surface area (Å²) < 4.78 is 0. The predicted octanol–water partition coefficient (Wildman–Crippen LogP) is 0.637. The quantitative estimate of drug-likeness (QED) is 0.494. The molecule has 0 fully saturated rings. The van der Waals surface area contributed by atoms with Crippen molar-refractivity contribution in [3.8, 4) is 12.3 Å². The second-order valence-electron chi connectivity index (χ2n) is 1.93. The summed E-state index contributed by atoms with van der Waals surface area (Å²) in [5, 5.41) is 0. The fraction of sp³-hybridized carbons (Fsp3) is 0.333. The largest absolute Gasteiger partial charge is 0.115 e. The van der Waals surface area contributed by atoms with Gasteiger partial charge < -0.3 is 0 Å². The minimum absolute atomic E-state index is 0.800. The van der Waals surface area contributed by atoms with Gasteiger partial charge in [0.2, 0.25) is 0 Å². The summed E-state index contributed by atoms with van der Waals surface area (Å²) in [6.45, 7) is 0. The highest BCUT2D eigenvalue weighted by molar-refractivity contribution is 8.56. The Labute approximate surface area is 65.1 Å². The van der Waals surface area contributed by atoms with Gasteiger partial charge in [-0.25, -0.2) is 0 Å². The normalized spacial score (nSPS) is 22.8. The Morgan fingerprint density at radius 2 is 2.33 bits per heavy atom. The number of rotatable bonds is 0. The first-order valence-electron chi connectivity index (χ1n) is 2.50. The van der Waals surface area contributed by atoms with E-state index >= 15 is 0 Å². The highest BCUT2D eigenvalue weighted by atomic mass is 33.1. The summed E-state index contributed by atoms with van der Waals surface area (Å²) in [5.74, 6) is 4.23. The molecule has 0 radical (unpaired) electrons. The lowest BCUT2D eigenvalue weighted by molar-refractivity contribution is 1.63. The average Bonchev–Trinajstić information content (AvgIpc) is 2.10. The third-order valence-corrected chi connectivity index (χ3v) is 4.09. The van der Waals surface area contributed by atoms with E-state index in [1.807, 2.05) is 6.08 Å². The SMILES string of the molecule is C#CC1=CCS(=S)(=S)C1. The van der Waals surface area contributed by atoms with Crippen molar-refractivity contribution in [2.24, 2.45) is 0 Å². The van der Waals surface area contributed by atoms with Crippen LogP contribution in [0.3, 0.4) is 0 Å². The van der Waals surface area contributed by atoms with E-state index in [9.17, 15) is 0 Å². The zero-order chi connectivity index (χ0) is 6.91. The highest BCUT2D eigenvalue weighted by Gasteiger charge is 2.10. The van der Waals surface area contributed by atoms with Gasteiger partial charge in [0, 0.05) is 17.1 Å². The van der Waals surface area contributed by atoms with E-state index in [0.717, 1.165) is 17.1 Å². The maximum atomic E-state index is 5.16. The van der Waals surface area contributed by atoms with Crippen molar-refractivity contribution in [2.45, 2.75) is 0 Å². The minimum atomic E-state index is -1.18. The van der Waals surface area contributed by atoms with Crippen LogP contribution in [0.2, 0.25) is 0 Å². The van der Waals surface area contributed by atoms with Crippen LogP contribution in [0.25, 0.3) is 0 Å². The summed E-state index contributed by atoms with van der Waals surface area (Å²) in [6.07, 6.45) is 7.15. The van der Waals surface area contributed by atoms with Gasteiger partial charge in [0.15, 0.2) is 0 Å². The van der Waals surface area contributed by atoms with Gasteiger partial charge in [-0.1, -0.05) is 19.1 Å². The van der Waals surface area contributed by atoms with E-state index in [1.54, 1.807) is 0 Å². The molecule has 0 aliphatic carbocycles. The number of hydrogen-bond donors (Lipinski definition) is 0. The van der Waals surface area contributed by atoms with Gasteiger partial charge in [-0.05, 0) is 22.4 Å². The van der Waals surface area contributed by atoms with Crippen LogP contribution in [-0.4, -0.2) is 11.5 Å². The minimum Gasteiger partial charge on any atom is -0.115 e. The molecule has 0 nitrogen and oxygen atoms in total. The first kappa shape index (κ1) is 7.20. The molecule has 0 atom stereocenters. The summed E-state index contributed by atoms with van der Waals surface area (Å²) in [7, 11) is -1.18. The number of terminal acetylenes is 1. The molecule has 1 rings (SSSR count). The Bertz CT molecular complexity index is 274. The van der Waals surface area contributed by atoms with E-state index in [1.165, 1.54) is 0 Å². The summed E-state index contributed by atoms with van der Waals surface area (Å²) >= 11 is 10.2. The molecule has 1 aliphatic heterocycles. The molecule has 0 amide bonds. The molecular formula is C6H6S3. The van der Waals surface area contributed by atoms with Crippen LogP contribution >= 0.6 is 0 Å². The van der Waals surface area contributed by atoms with Crippen LogP contribution in [-0.2, 0) is 29.5 Å². The average molecular weight is 174 g/mol. The molecule has 0 aromatic carbocycles. The molecule has 0 saturated carbocycles. The second-order valence-corrected chi connectivity index (χ2v) is 8.50. The summed E-state index contributed by atoms with van der Waals surface area (Å²) in [4.78, 5) is 0. The van der Waals surface area contributed by atoms with Crippen molar-refractivity contribution in [1.29, 1.82) is 0 Å². The van der Waals surface area contributed by atoms with Crippen LogP contribution in [0.5, 0.6) is 0 Å².